The maximum atomic E-state index is 13.2. The molecule has 1 heterocycles. The molecule has 0 radical (unpaired) electrons. The second kappa shape index (κ2) is 4.06. The van der Waals surface area contributed by atoms with E-state index in [9.17, 15) is 4.39 Å². The highest BCUT2D eigenvalue weighted by atomic mass is 19.1. The molecule has 2 heteroatoms. The molecule has 0 aliphatic rings. The summed E-state index contributed by atoms with van der Waals surface area (Å²) < 4.78 is 15.3. The van der Waals surface area contributed by atoms with Gasteiger partial charge in [-0.3, -0.25) is 0 Å². The van der Waals surface area contributed by atoms with Gasteiger partial charge in [0.05, 0.1) is 5.52 Å². The van der Waals surface area contributed by atoms with Gasteiger partial charge in [0, 0.05) is 12.7 Å². The minimum atomic E-state index is -0.189. The van der Waals surface area contributed by atoms with E-state index in [1.54, 1.807) is 6.07 Å². The summed E-state index contributed by atoms with van der Waals surface area (Å²) in [5.74, 6) is -0.189. The Bertz CT molecular complexity index is 640. The molecule has 3 aromatic rings. The summed E-state index contributed by atoms with van der Waals surface area (Å²) in [5, 5.41) is 1.07. The first-order valence-corrected chi connectivity index (χ1v) is 5.61. The van der Waals surface area contributed by atoms with Crippen LogP contribution in [-0.4, -0.2) is 4.57 Å². The quantitative estimate of drug-likeness (QED) is 0.624. The summed E-state index contributed by atoms with van der Waals surface area (Å²) in [6.45, 7) is 0.772. The monoisotopic (exact) mass is 225 g/mol. The van der Waals surface area contributed by atoms with E-state index in [1.807, 2.05) is 36.5 Å². The molecule has 0 N–H and O–H groups in total. The standard InChI is InChI=1S/C15H12FN/c16-14-7-6-13-8-9-17(15(13)10-14)11-12-4-2-1-3-5-12/h1-10H,11H2. The molecule has 0 bridgehead atoms. The van der Waals surface area contributed by atoms with Crippen molar-refractivity contribution in [3.8, 4) is 0 Å². The second-order valence-corrected chi connectivity index (χ2v) is 4.13. The van der Waals surface area contributed by atoms with Crippen LogP contribution in [0.1, 0.15) is 5.56 Å². The van der Waals surface area contributed by atoms with Crippen LogP contribution in [0.5, 0.6) is 0 Å². The molecule has 3 rings (SSSR count). The minimum absolute atomic E-state index is 0.189. The van der Waals surface area contributed by atoms with Gasteiger partial charge in [-0.25, -0.2) is 4.39 Å². The molecule has 84 valence electrons. The molecule has 0 aliphatic heterocycles. The summed E-state index contributed by atoms with van der Waals surface area (Å²) in [5.41, 5.74) is 2.16. The Labute approximate surface area is 99.1 Å². The van der Waals surface area contributed by atoms with Crippen molar-refractivity contribution in [2.75, 3.05) is 0 Å². The Kier molecular flexibility index (Phi) is 2.41. The topological polar surface area (TPSA) is 4.93 Å². The van der Waals surface area contributed by atoms with Crippen molar-refractivity contribution in [2.24, 2.45) is 0 Å². The first kappa shape index (κ1) is 10.1. The van der Waals surface area contributed by atoms with Crippen molar-refractivity contribution in [1.82, 2.24) is 4.57 Å². The summed E-state index contributed by atoms with van der Waals surface area (Å²) in [4.78, 5) is 0. The molecule has 2 aromatic carbocycles. The van der Waals surface area contributed by atoms with Crippen LogP contribution in [-0.2, 0) is 6.54 Å². The number of aromatic nitrogens is 1. The van der Waals surface area contributed by atoms with Gasteiger partial charge in [-0.2, -0.15) is 0 Å². The van der Waals surface area contributed by atoms with Crippen molar-refractivity contribution in [1.29, 1.82) is 0 Å². The SMILES string of the molecule is Fc1ccc2ccn(Cc3ccccc3)c2c1. The predicted molar refractivity (Wildman–Crippen MR) is 67.4 cm³/mol. The van der Waals surface area contributed by atoms with Gasteiger partial charge in [0.25, 0.3) is 0 Å². The first-order valence-electron chi connectivity index (χ1n) is 5.61. The van der Waals surface area contributed by atoms with Crippen LogP contribution in [0.3, 0.4) is 0 Å². The van der Waals surface area contributed by atoms with E-state index in [4.69, 9.17) is 0 Å². The van der Waals surface area contributed by atoms with E-state index in [0.717, 1.165) is 17.4 Å². The molecule has 17 heavy (non-hydrogen) atoms. The van der Waals surface area contributed by atoms with Gasteiger partial charge >= 0.3 is 0 Å². The van der Waals surface area contributed by atoms with E-state index >= 15 is 0 Å². The summed E-state index contributed by atoms with van der Waals surface area (Å²) >= 11 is 0. The Morgan fingerprint density at radius 1 is 0.941 bits per heavy atom. The third-order valence-electron chi connectivity index (χ3n) is 2.93. The van der Waals surface area contributed by atoms with E-state index in [0.29, 0.717) is 0 Å². The number of fused-ring (bicyclic) bond motifs is 1. The smallest absolute Gasteiger partial charge is 0.125 e. The Balaban J connectivity index is 2.03. The Morgan fingerprint density at radius 3 is 2.59 bits per heavy atom. The molecular weight excluding hydrogens is 213 g/mol. The number of rotatable bonds is 2. The van der Waals surface area contributed by atoms with Gasteiger partial charge in [0.1, 0.15) is 5.82 Å². The average molecular weight is 225 g/mol. The number of nitrogens with zero attached hydrogens (tertiary/aromatic N) is 1. The van der Waals surface area contributed by atoms with E-state index in [1.165, 1.54) is 11.6 Å². The van der Waals surface area contributed by atoms with Gasteiger partial charge in [-0.05, 0) is 35.2 Å². The molecule has 1 nitrogen and oxygen atoms in total. The summed E-state index contributed by atoms with van der Waals surface area (Å²) in [7, 11) is 0. The van der Waals surface area contributed by atoms with Crippen LogP contribution in [0.4, 0.5) is 4.39 Å². The fourth-order valence-corrected chi connectivity index (χ4v) is 2.08. The molecule has 0 fully saturated rings. The first-order chi connectivity index (χ1) is 8.33. The number of benzene rings is 2. The van der Waals surface area contributed by atoms with Crippen LogP contribution in [0.25, 0.3) is 10.9 Å². The van der Waals surface area contributed by atoms with Crippen molar-refractivity contribution < 1.29 is 4.39 Å². The summed E-state index contributed by atoms with van der Waals surface area (Å²) in [6, 6.07) is 17.1. The van der Waals surface area contributed by atoms with Crippen molar-refractivity contribution >= 4 is 10.9 Å². The molecule has 0 saturated carbocycles. The van der Waals surface area contributed by atoms with E-state index in [-0.39, 0.29) is 5.82 Å². The third-order valence-corrected chi connectivity index (χ3v) is 2.93. The predicted octanol–water partition coefficient (Wildman–Crippen LogP) is 3.83. The normalized spacial score (nSPS) is 10.9. The largest absolute Gasteiger partial charge is 0.343 e. The highest BCUT2D eigenvalue weighted by Crippen LogP contribution is 2.18. The summed E-state index contributed by atoms with van der Waals surface area (Å²) in [6.07, 6.45) is 2.00. The van der Waals surface area contributed by atoms with Crippen LogP contribution in [0, 0.1) is 5.82 Å². The maximum Gasteiger partial charge on any atom is 0.125 e. The Hall–Kier alpha value is -2.09. The zero-order chi connectivity index (χ0) is 11.7. The van der Waals surface area contributed by atoms with Crippen molar-refractivity contribution in [3.63, 3.8) is 0 Å². The van der Waals surface area contributed by atoms with Crippen LogP contribution in [0.2, 0.25) is 0 Å². The fourth-order valence-electron chi connectivity index (χ4n) is 2.08. The molecule has 0 atom stereocenters. The second-order valence-electron chi connectivity index (χ2n) is 4.13. The van der Waals surface area contributed by atoms with E-state index in [2.05, 4.69) is 16.7 Å². The lowest BCUT2D eigenvalue weighted by Crippen LogP contribution is -1.97. The zero-order valence-corrected chi connectivity index (χ0v) is 9.31. The van der Waals surface area contributed by atoms with Gasteiger partial charge in [-0.15, -0.1) is 0 Å². The van der Waals surface area contributed by atoms with Gasteiger partial charge < -0.3 is 4.57 Å². The number of hydrogen-bond acceptors (Lipinski definition) is 0. The van der Waals surface area contributed by atoms with Crippen LogP contribution < -0.4 is 0 Å². The zero-order valence-electron chi connectivity index (χ0n) is 9.31. The lowest BCUT2D eigenvalue weighted by molar-refractivity contribution is 0.628. The lowest BCUT2D eigenvalue weighted by Gasteiger charge is -2.05. The van der Waals surface area contributed by atoms with Gasteiger partial charge in [0.15, 0.2) is 0 Å². The van der Waals surface area contributed by atoms with E-state index < -0.39 is 0 Å². The van der Waals surface area contributed by atoms with Crippen LogP contribution in [0.15, 0.2) is 60.8 Å². The molecule has 0 saturated heterocycles. The van der Waals surface area contributed by atoms with Gasteiger partial charge in [0.2, 0.25) is 0 Å². The van der Waals surface area contributed by atoms with Crippen molar-refractivity contribution in [2.45, 2.75) is 6.54 Å². The molecule has 0 aliphatic carbocycles. The number of halogens is 1. The lowest BCUT2D eigenvalue weighted by atomic mass is 10.2. The Morgan fingerprint density at radius 2 is 1.76 bits per heavy atom. The van der Waals surface area contributed by atoms with Crippen molar-refractivity contribution in [3.05, 3.63) is 72.2 Å². The van der Waals surface area contributed by atoms with Crippen LogP contribution >= 0.6 is 0 Å². The number of hydrogen-bond donors (Lipinski definition) is 0. The molecule has 0 unspecified atom stereocenters. The highest BCUT2D eigenvalue weighted by Gasteiger charge is 2.02. The minimum Gasteiger partial charge on any atom is -0.343 e. The molecule has 1 aromatic heterocycles. The maximum absolute atomic E-state index is 13.2. The molecule has 0 amide bonds. The molecule has 0 spiro atoms. The van der Waals surface area contributed by atoms with Gasteiger partial charge in [-0.1, -0.05) is 30.3 Å². The average Bonchev–Trinajstić information content (AvgIpc) is 2.73. The third kappa shape index (κ3) is 1.94. The highest BCUT2D eigenvalue weighted by molar-refractivity contribution is 5.80. The molecular formula is C15H12FN. The fraction of sp³-hybridized carbons (Fsp3) is 0.0667.